The second-order valence-corrected chi connectivity index (χ2v) is 5.59. The molecule has 1 unspecified atom stereocenters. The van der Waals surface area contributed by atoms with Crippen LogP contribution in [0.3, 0.4) is 0 Å². The van der Waals surface area contributed by atoms with Crippen LogP contribution in [-0.2, 0) is 4.74 Å². The lowest BCUT2D eigenvalue weighted by Gasteiger charge is -2.22. The van der Waals surface area contributed by atoms with E-state index in [1.54, 1.807) is 6.07 Å². The standard InChI is InChI=1S/C16H26N4O2/c1-3-7-20(8-4-2)15-10-14(18-12-19-15)16(21)17-11-13-6-5-9-22-13/h10,12-13H,3-9,11H2,1-2H3,(H,17,21). The summed E-state index contributed by atoms with van der Waals surface area (Å²) in [5, 5.41) is 2.90. The Morgan fingerprint density at radius 3 is 2.77 bits per heavy atom. The second kappa shape index (κ2) is 8.68. The molecule has 0 spiro atoms. The average Bonchev–Trinajstić information content (AvgIpc) is 3.06. The van der Waals surface area contributed by atoms with Gasteiger partial charge in [-0.05, 0) is 25.7 Å². The average molecular weight is 306 g/mol. The van der Waals surface area contributed by atoms with E-state index in [4.69, 9.17) is 4.74 Å². The molecule has 1 aromatic rings. The smallest absolute Gasteiger partial charge is 0.270 e. The Labute approximate surface area is 132 Å². The normalized spacial score (nSPS) is 17.5. The predicted molar refractivity (Wildman–Crippen MR) is 86.1 cm³/mol. The molecule has 0 aliphatic carbocycles. The number of nitrogens with zero attached hydrogens (tertiary/aromatic N) is 3. The second-order valence-electron chi connectivity index (χ2n) is 5.59. The Morgan fingerprint density at radius 1 is 1.36 bits per heavy atom. The topological polar surface area (TPSA) is 67.4 Å². The van der Waals surface area contributed by atoms with Crippen molar-refractivity contribution < 1.29 is 9.53 Å². The molecular weight excluding hydrogens is 280 g/mol. The van der Waals surface area contributed by atoms with Gasteiger partial charge >= 0.3 is 0 Å². The van der Waals surface area contributed by atoms with Gasteiger partial charge in [0, 0.05) is 32.3 Å². The molecule has 0 aromatic carbocycles. The number of carbonyl (C=O) groups is 1. The Bertz CT molecular complexity index is 469. The minimum atomic E-state index is -0.160. The monoisotopic (exact) mass is 306 g/mol. The molecule has 1 aliphatic rings. The minimum absolute atomic E-state index is 0.141. The molecular formula is C16H26N4O2. The summed E-state index contributed by atoms with van der Waals surface area (Å²) in [5.41, 5.74) is 0.417. The number of carbonyl (C=O) groups excluding carboxylic acids is 1. The number of nitrogens with one attached hydrogen (secondary N) is 1. The third-order valence-corrected chi connectivity index (χ3v) is 3.71. The number of ether oxygens (including phenoxy) is 1. The molecule has 2 rings (SSSR count). The van der Waals surface area contributed by atoms with Crippen molar-refractivity contribution in [1.82, 2.24) is 15.3 Å². The minimum Gasteiger partial charge on any atom is -0.376 e. The van der Waals surface area contributed by atoms with E-state index in [1.165, 1.54) is 6.33 Å². The van der Waals surface area contributed by atoms with Crippen LogP contribution in [0.5, 0.6) is 0 Å². The first-order valence-electron chi connectivity index (χ1n) is 8.21. The van der Waals surface area contributed by atoms with Crippen molar-refractivity contribution in [3.05, 3.63) is 18.1 Å². The van der Waals surface area contributed by atoms with E-state index in [1.807, 2.05) is 0 Å². The number of hydrogen-bond donors (Lipinski definition) is 1. The molecule has 0 saturated carbocycles. The maximum atomic E-state index is 12.2. The van der Waals surface area contributed by atoms with Crippen molar-refractivity contribution in [3.63, 3.8) is 0 Å². The van der Waals surface area contributed by atoms with Gasteiger partial charge in [0.05, 0.1) is 6.10 Å². The number of rotatable bonds is 8. The largest absolute Gasteiger partial charge is 0.376 e. The molecule has 1 aliphatic heterocycles. The van der Waals surface area contributed by atoms with E-state index in [9.17, 15) is 4.79 Å². The number of aromatic nitrogens is 2. The lowest BCUT2D eigenvalue weighted by molar-refractivity contribution is 0.0853. The maximum Gasteiger partial charge on any atom is 0.270 e. The molecule has 1 fully saturated rings. The van der Waals surface area contributed by atoms with Crippen LogP contribution in [0.2, 0.25) is 0 Å². The summed E-state index contributed by atoms with van der Waals surface area (Å²) in [5.74, 6) is 0.660. The van der Waals surface area contributed by atoms with E-state index < -0.39 is 0 Å². The number of anilines is 1. The first kappa shape index (κ1) is 16.7. The summed E-state index contributed by atoms with van der Waals surface area (Å²) in [7, 11) is 0. The summed E-state index contributed by atoms with van der Waals surface area (Å²) in [6.07, 6.45) is 5.78. The van der Waals surface area contributed by atoms with Crippen LogP contribution in [0.4, 0.5) is 5.82 Å². The molecule has 6 nitrogen and oxygen atoms in total. The number of amides is 1. The van der Waals surface area contributed by atoms with E-state index in [2.05, 4.69) is 34.0 Å². The van der Waals surface area contributed by atoms with Crippen molar-refractivity contribution >= 4 is 11.7 Å². The van der Waals surface area contributed by atoms with Crippen LogP contribution in [0, 0.1) is 0 Å². The lowest BCUT2D eigenvalue weighted by atomic mass is 10.2. The molecule has 1 aromatic heterocycles. The van der Waals surface area contributed by atoms with Gasteiger partial charge in [-0.1, -0.05) is 13.8 Å². The fraction of sp³-hybridized carbons (Fsp3) is 0.688. The van der Waals surface area contributed by atoms with Crippen LogP contribution < -0.4 is 10.2 Å². The molecule has 1 saturated heterocycles. The Hall–Kier alpha value is -1.69. The predicted octanol–water partition coefficient (Wildman–Crippen LogP) is 2.01. The zero-order valence-electron chi connectivity index (χ0n) is 13.5. The van der Waals surface area contributed by atoms with Crippen LogP contribution in [0.25, 0.3) is 0 Å². The summed E-state index contributed by atoms with van der Waals surface area (Å²) in [6, 6.07) is 1.77. The van der Waals surface area contributed by atoms with Crippen molar-refractivity contribution in [1.29, 1.82) is 0 Å². The van der Waals surface area contributed by atoms with Crippen LogP contribution in [-0.4, -0.2) is 48.2 Å². The first-order valence-corrected chi connectivity index (χ1v) is 8.21. The molecule has 6 heteroatoms. The van der Waals surface area contributed by atoms with Crippen LogP contribution in [0.1, 0.15) is 50.0 Å². The van der Waals surface area contributed by atoms with Gasteiger partial charge in [0.1, 0.15) is 17.8 Å². The van der Waals surface area contributed by atoms with Crippen molar-refractivity contribution in [2.24, 2.45) is 0 Å². The molecule has 2 heterocycles. The highest BCUT2D eigenvalue weighted by Gasteiger charge is 2.18. The zero-order chi connectivity index (χ0) is 15.8. The molecule has 1 N–H and O–H groups in total. The highest BCUT2D eigenvalue weighted by Crippen LogP contribution is 2.13. The lowest BCUT2D eigenvalue weighted by Crippen LogP contribution is -2.33. The van der Waals surface area contributed by atoms with Crippen molar-refractivity contribution in [3.8, 4) is 0 Å². The van der Waals surface area contributed by atoms with Crippen LogP contribution >= 0.6 is 0 Å². The Balaban J connectivity index is 1.97. The fourth-order valence-corrected chi connectivity index (χ4v) is 2.63. The Kier molecular flexibility index (Phi) is 6.58. The summed E-state index contributed by atoms with van der Waals surface area (Å²) in [6.45, 7) is 7.48. The van der Waals surface area contributed by atoms with Crippen molar-refractivity contribution in [2.75, 3.05) is 31.1 Å². The van der Waals surface area contributed by atoms with Gasteiger partial charge in [0.2, 0.25) is 0 Å². The van der Waals surface area contributed by atoms with Crippen molar-refractivity contribution in [2.45, 2.75) is 45.6 Å². The van der Waals surface area contributed by atoms with Gasteiger partial charge in [-0.25, -0.2) is 9.97 Å². The van der Waals surface area contributed by atoms with E-state index in [0.717, 1.165) is 51.2 Å². The van der Waals surface area contributed by atoms with Gasteiger partial charge in [0.25, 0.3) is 5.91 Å². The highest BCUT2D eigenvalue weighted by atomic mass is 16.5. The molecule has 0 radical (unpaired) electrons. The fourth-order valence-electron chi connectivity index (χ4n) is 2.63. The quantitative estimate of drug-likeness (QED) is 0.796. The first-order chi connectivity index (χ1) is 10.7. The summed E-state index contributed by atoms with van der Waals surface area (Å²) >= 11 is 0. The molecule has 122 valence electrons. The third-order valence-electron chi connectivity index (χ3n) is 3.71. The van der Waals surface area contributed by atoms with E-state index in [0.29, 0.717) is 12.2 Å². The molecule has 1 atom stereocenters. The number of hydrogen-bond acceptors (Lipinski definition) is 5. The Morgan fingerprint density at radius 2 is 2.14 bits per heavy atom. The van der Waals surface area contributed by atoms with Gasteiger partial charge in [-0.3, -0.25) is 4.79 Å². The van der Waals surface area contributed by atoms with Gasteiger partial charge < -0.3 is 15.0 Å². The SMILES string of the molecule is CCCN(CCC)c1cc(C(=O)NCC2CCCO2)ncn1. The molecule has 22 heavy (non-hydrogen) atoms. The molecule has 0 bridgehead atoms. The summed E-state index contributed by atoms with van der Waals surface area (Å²) < 4.78 is 5.51. The van der Waals surface area contributed by atoms with Gasteiger partial charge in [-0.15, -0.1) is 0 Å². The van der Waals surface area contributed by atoms with Gasteiger partial charge in [-0.2, -0.15) is 0 Å². The maximum absolute atomic E-state index is 12.2. The van der Waals surface area contributed by atoms with E-state index in [-0.39, 0.29) is 12.0 Å². The zero-order valence-corrected chi connectivity index (χ0v) is 13.5. The summed E-state index contributed by atoms with van der Waals surface area (Å²) in [4.78, 5) is 22.8. The molecule has 1 amide bonds. The van der Waals surface area contributed by atoms with Crippen LogP contribution in [0.15, 0.2) is 12.4 Å². The third kappa shape index (κ3) is 4.66. The van der Waals surface area contributed by atoms with Gasteiger partial charge in [0.15, 0.2) is 0 Å². The van der Waals surface area contributed by atoms with E-state index >= 15 is 0 Å². The highest BCUT2D eigenvalue weighted by molar-refractivity contribution is 5.92.